The van der Waals surface area contributed by atoms with E-state index in [1.807, 2.05) is 0 Å². The molecule has 0 heterocycles. The van der Waals surface area contributed by atoms with Crippen molar-refractivity contribution in [2.45, 2.75) is 44.1 Å². The molecule has 24 heavy (non-hydrogen) atoms. The Bertz CT molecular complexity index is 582. The molecule has 1 aliphatic rings. The average molecular weight is 337 g/mol. The summed E-state index contributed by atoms with van der Waals surface area (Å²) in [5.41, 5.74) is 0.672. The number of nitrogens with zero attached hydrogens (tertiary/aromatic N) is 1. The Kier molecular flexibility index (Phi) is 6.40. The predicted molar refractivity (Wildman–Crippen MR) is 87.1 cm³/mol. The Morgan fingerprint density at radius 3 is 2.58 bits per heavy atom. The Morgan fingerprint density at radius 2 is 2.00 bits per heavy atom. The minimum Gasteiger partial charge on any atom is -0.493 e. The highest BCUT2D eigenvalue weighted by molar-refractivity contribution is 5.70. The van der Waals surface area contributed by atoms with E-state index in [1.165, 1.54) is 7.11 Å². The van der Waals surface area contributed by atoms with Gasteiger partial charge in [0, 0.05) is 4.92 Å². The molecule has 0 spiro atoms. The molecule has 1 atom stereocenters. The number of nitro groups is 1. The van der Waals surface area contributed by atoms with E-state index in [2.05, 4.69) is 4.74 Å². The smallest absolute Gasteiger partial charge is 0.306 e. The quantitative estimate of drug-likeness (QED) is 0.412. The second-order valence-corrected chi connectivity index (χ2v) is 5.93. The van der Waals surface area contributed by atoms with Crippen molar-refractivity contribution in [2.75, 3.05) is 20.8 Å². The van der Waals surface area contributed by atoms with Gasteiger partial charge in [-0.05, 0) is 43.4 Å². The number of methoxy groups -OCH3 is 2. The van der Waals surface area contributed by atoms with Crippen LogP contribution in [0.1, 0.15) is 43.6 Å². The molecule has 1 saturated carbocycles. The van der Waals surface area contributed by atoms with Gasteiger partial charge in [-0.25, -0.2) is 0 Å². The first kappa shape index (κ1) is 18.0. The van der Waals surface area contributed by atoms with Gasteiger partial charge in [0.25, 0.3) is 0 Å². The number of benzene rings is 1. The second kappa shape index (κ2) is 8.52. The normalized spacial score (nSPS) is 15.8. The Balaban J connectivity index is 2.24. The van der Waals surface area contributed by atoms with Gasteiger partial charge in [-0.1, -0.05) is 6.07 Å². The van der Waals surface area contributed by atoms with Gasteiger partial charge < -0.3 is 14.2 Å². The van der Waals surface area contributed by atoms with Gasteiger partial charge >= 0.3 is 5.97 Å². The maximum Gasteiger partial charge on any atom is 0.306 e. The molecule has 7 nitrogen and oxygen atoms in total. The predicted octanol–water partition coefficient (Wildman–Crippen LogP) is 2.94. The summed E-state index contributed by atoms with van der Waals surface area (Å²) in [5.74, 6) is 0.115. The van der Waals surface area contributed by atoms with E-state index in [1.54, 1.807) is 25.3 Å². The summed E-state index contributed by atoms with van der Waals surface area (Å²) in [6.45, 7) is -0.343. The van der Waals surface area contributed by atoms with Crippen molar-refractivity contribution >= 4 is 5.97 Å². The maximum atomic E-state index is 11.6. The van der Waals surface area contributed by atoms with E-state index in [0.29, 0.717) is 17.1 Å². The fraction of sp³-hybridized carbons (Fsp3) is 0.588. The third kappa shape index (κ3) is 4.84. The molecule has 132 valence electrons. The number of ether oxygens (including phenoxy) is 3. The minimum absolute atomic E-state index is 0.0489. The molecule has 2 rings (SSSR count). The number of carbonyl (C=O) groups is 1. The number of hydrogen-bond acceptors (Lipinski definition) is 6. The van der Waals surface area contributed by atoms with Crippen LogP contribution in [0.4, 0.5) is 0 Å². The minimum atomic E-state index is -0.565. The summed E-state index contributed by atoms with van der Waals surface area (Å²) in [5, 5.41) is 10.9. The third-order valence-electron chi connectivity index (χ3n) is 4.27. The lowest BCUT2D eigenvalue weighted by molar-refractivity contribution is -0.483. The molecule has 1 aliphatic carbocycles. The summed E-state index contributed by atoms with van der Waals surface area (Å²) in [7, 11) is 2.83. The SMILES string of the molecule is COC(=O)C[C@@H](C[N+](=O)[O-])c1ccc(OC)c(OC2CCCC2)c1. The van der Waals surface area contributed by atoms with Crippen molar-refractivity contribution in [3.63, 3.8) is 0 Å². The molecule has 1 aromatic rings. The van der Waals surface area contributed by atoms with E-state index in [-0.39, 0.29) is 19.1 Å². The van der Waals surface area contributed by atoms with E-state index in [0.717, 1.165) is 25.7 Å². The van der Waals surface area contributed by atoms with E-state index in [4.69, 9.17) is 9.47 Å². The molecular formula is C17H23NO6. The van der Waals surface area contributed by atoms with Crippen molar-refractivity contribution in [1.82, 2.24) is 0 Å². The van der Waals surface area contributed by atoms with Crippen molar-refractivity contribution in [2.24, 2.45) is 0 Å². The van der Waals surface area contributed by atoms with Crippen molar-refractivity contribution < 1.29 is 23.9 Å². The average Bonchev–Trinajstić information content (AvgIpc) is 3.06. The molecule has 7 heteroatoms. The summed E-state index contributed by atoms with van der Waals surface area (Å²) >= 11 is 0. The maximum absolute atomic E-state index is 11.6. The van der Waals surface area contributed by atoms with Gasteiger partial charge in [0.05, 0.1) is 32.7 Å². The van der Waals surface area contributed by atoms with Gasteiger partial charge in [0.15, 0.2) is 11.5 Å². The molecule has 0 bridgehead atoms. The summed E-state index contributed by atoms with van der Waals surface area (Å²) in [6.07, 6.45) is 4.36. The van der Waals surface area contributed by atoms with Crippen LogP contribution >= 0.6 is 0 Å². The zero-order valence-electron chi connectivity index (χ0n) is 14.0. The van der Waals surface area contributed by atoms with Crippen LogP contribution in [-0.4, -0.2) is 37.8 Å². The zero-order valence-corrected chi connectivity index (χ0v) is 14.0. The molecule has 0 unspecified atom stereocenters. The van der Waals surface area contributed by atoms with Crippen LogP contribution in [0.25, 0.3) is 0 Å². The van der Waals surface area contributed by atoms with Gasteiger partial charge in [-0.3, -0.25) is 14.9 Å². The number of esters is 1. The number of carbonyl (C=O) groups excluding carboxylic acids is 1. The first-order valence-electron chi connectivity index (χ1n) is 8.06. The van der Waals surface area contributed by atoms with Crippen molar-refractivity contribution in [3.05, 3.63) is 33.9 Å². The first-order chi connectivity index (χ1) is 11.5. The Morgan fingerprint density at radius 1 is 1.29 bits per heavy atom. The summed E-state index contributed by atoms with van der Waals surface area (Å²) < 4.78 is 16.0. The van der Waals surface area contributed by atoms with E-state index >= 15 is 0 Å². The summed E-state index contributed by atoms with van der Waals surface area (Å²) in [6, 6.07) is 5.20. The monoisotopic (exact) mass is 337 g/mol. The lowest BCUT2D eigenvalue weighted by Gasteiger charge is -2.19. The Labute approximate surface area is 141 Å². The topological polar surface area (TPSA) is 87.9 Å². The number of rotatable bonds is 8. The molecule has 1 aromatic carbocycles. The lowest BCUT2D eigenvalue weighted by atomic mass is 9.95. The molecule has 0 aromatic heterocycles. The largest absolute Gasteiger partial charge is 0.493 e. The molecule has 0 aliphatic heterocycles. The number of hydrogen-bond donors (Lipinski definition) is 0. The summed E-state index contributed by atoms with van der Waals surface area (Å²) in [4.78, 5) is 22.1. The molecule has 0 N–H and O–H groups in total. The highest BCUT2D eigenvalue weighted by Crippen LogP contribution is 2.35. The fourth-order valence-corrected chi connectivity index (χ4v) is 2.98. The van der Waals surface area contributed by atoms with Crippen LogP contribution in [-0.2, 0) is 9.53 Å². The van der Waals surface area contributed by atoms with Gasteiger partial charge in [0.1, 0.15) is 0 Å². The molecule has 0 saturated heterocycles. The zero-order chi connectivity index (χ0) is 17.5. The van der Waals surface area contributed by atoms with Gasteiger partial charge in [-0.15, -0.1) is 0 Å². The van der Waals surface area contributed by atoms with Gasteiger partial charge in [0.2, 0.25) is 6.54 Å². The first-order valence-corrected chi connectivity index (χ1v) is 8.06. The van der Waals surface area contributed by atoms with Crippen LogP contribution in [0.5, 0.6) is 11.5 Å². The fourth-order valence-electron chi connectivity index (χ4n) is 2.98. The van der Waals surface area contributed by atoms with Crippen LogP contribution in [0.3, 0.4) is 0 Å². The van der Waals surface area contributed by atoms with E-state index < -0.39 is 16.8 Å². The Hall–Kier alpha value is -2.31. The van der Waals surface area contributed by atoms with Crippen molar-refractivity contribution in [3.8, 4) is 11.5 Å². The third-order valence-corrected chi connectivity index (χ3v) is 4.27. The molecule has 0 amide bonds. The van der Waals surface area contributed by atoms with Crippen LogP contribution in [0.15, 0.2) is 18.2 Å². The molecule has 1 fully saturated rings. The highest BCUT2D eigenvalue weighted by Gasteiger charge is 2.24. The van der Waals surface area contributed by atoms with Crippen LogP contribution in [0, 0.1) is 10.1 Å². The van der Waals surface area contributed by atoms with Gasteiger partial charge in [-0.2, -0.15) is 0 Å². The van der Waals surface area contributed by atoms with Crippen LogP contribution < -0.4 is 9.47 Å². The standard InChI is InChI=1S/C17H23NO6/c1-22-15-8-7-12(9-16(15)24-14-5-3-4-6-14)13(11-18(20)21)10-17(19)23-2/h7-9,13-14H,3-6,10-11H2,1-2H3/t13-/m0/s1. The van der Waals surface area contributed by atoms with Crippen LogP contribution in [0.2, 0.25) is 0 Å². The van der Waals surface area contributed by atoms with Crippen molar-refractivity contribution in [1.29, 1.82) is 0 Å². The second-order valence-electron chi connectivity index (χ2n) is 5.93. The highest BCUT2D eigenvalue weighted by atomic mass is 16.6. The molecular weight excluding hydrogens is 314 g/mol. The molecule has 0 radical (unpaired) electrons. The lowest BCUT2D eigenvalue weighted by Crippen LogP contribution is -2.18. The van der Waals surface area contributed by atoms with E-state index in [9.17, 15) is 14.9 Å².